The van der Waals surface area contributed by atoms with Gasteiger partial charge < -0.3 is 14.4 Å². The van der Waals surface area contributed by atoms with E-state index in [1.165, 1.54) is 12.5 Å². The van der Waals surface area contributed by atoms with Crippen molar-refractivity contribution >= 4 is 17.8 Å². The van der Waals surface area contributed by atoms with Crippen LogP contribution in [0.3, 0.4) is 0 Å². The molecule has 0 saturated heterocycles. The van der Waals surface area contributed by atoms with E-state index in [4.69, 9.17) is 4.42 Å². The standard InChI is InChI=1S/C16H19N3O3/c1-3-19(4-2)13-8-7-12(10-14(13)20)11-17-18-16(21)15-6-5-9-22-15/h5-11,20H,3-4H2,1-2H3,(H,18,21)/b17-11+. The predicted octanol–water partition coefficient (Wildman–Crippen LogP) is 2.60. The van der Waals surface area contributed by atoms with Crippen LogP contribution >= 0.6 is 0 Å². The van der Waals surface area contributed by atoms with Gasteiger partial charge in [0.05, 0.1) is 18.2 Å². The Hall–Kier alpha value is -2.76. The summed E-state index contributed by atoms with van der Waals surface area (Å²) in [4.78, 5) is 13.7. The molecule has 0 unspecified atom stereocenters. The number of anilines is 1. The van der Waals surface area contributed by atoms with Gasteiger partial charge in [-0.2, -0.15) is 5.10 Å². The van der Waals surface area contributed by atoms with Gasteiger partial charge in [-0.15, -0.1) is 0 Å². The van der Waals surface area contributed by atoms with Crippen LogP contribution < -0.4 is 10.3 Å². The maximum Gasteiger partial charge on any atom is 0.307 e. The molecule has 0 atom stereocenters. The van der Waals surface area contributed by atoms with Gasteiger partial charge in [0.1, 0.15) is 5.75 Å². The summed E-state index contributed by atoms with van der Waals surface area (Å²) in [7, 11) is 0. The molecule has 0 aliphatic heterocycles. The first-order valence-corrected chi connectivity index (χ1v) is 7.10. The summed E-state index contributed by atoms with van der Waals surface area (Å²) in [6.07, 6.45) is 2.88. The molecule has 1 aromatic carbocycles. The molecule has 2 rings (SSSR count). The Bertz CT molecular complexity index is 647. The molecule has 0 spiro atoms. The van der Waals surface area contributed by atoms with Gasteiger partial charge in [-0.3, -0.25) is 4.79 Å². The molecule has 6 heteroatoms. The van der Waals surface area contributed by atoms with E-state index in [1.807, 2.05) is 26.0 Å². The molecule has 116 valence electrons. The minimum absolute atomic E-state index is 0.185. The highest BCUT2D eigenvalue weighted by Gasteiger charge is 2.08. The number of hydrogen-bond donors (Lipinski definition) is 2. The topological polar surface area (TPSA) is 78.1 Å². The van der Waals surface area contributed by atoms with Crippen LogP contribution in [0.5, 0.6) is 5.75 Å². The molecule has 22 heavy (non-hydrogen) atoms. The average Bonchev–Trinajstić information content (AvgIpc) is 3.04. The van der Waals surface area contributed by atoms with Gasteiger partial charge in [-0.05, 0) is 43.7 Å². The van der Waals surface area contributed by atoms with Gasteiger partial charge in [0, 0.05) is 13.1 Å². The zero-order chi connectivity index (χ0) is 15.9. The number of nitrogens with one attached hydrogen (secondary N) is 1. The number of carbonyl (C=O) groups excluding carboxylic acids is 1. The number of furan rings is 1. The van der Waals surface area contributed by atoms with Gasteiger partial charge in [-0.1, -0.05) is 6.07 Å². The van der Waals surface area contributed by atoms with Crippen molar-refractivity contribution < 1.29 is 14.3 Å². The van der Waals surface area contributed by atoms with Crippen LogP contribution in [0.15, 0.2) is 46.1 Å². The van der Waals surface area contributed by atoms with Crippen LogP contribution in [0.4, 0.5) is 5.69 Å². The van der Waals surface area contributed by atoms with Gasteiger partial charge in [-0.25, -0.2) is 5.43 Å². The molecule has 0 aliphatic carbocycles. The van der Waals surface area contributed by atoms with E-state index in [0.29, 0.717) is 5.56 Å². The average molecular weight is 301 g/mol. The van der Waals surface area contributed by atoms with E-state index in [-0.39, 0.29) is 11.5 Å². The van der Waals surface area contributed by atoms with Gasteiger partial charge in [0.15, 0.2) is 5.76 Å². The van der Waals surface area contributed by atoms with E-state index in [2.05, 4.69) is 15.4 Å². The molecular formula is C16H19N3O3. The largest absolute Gasteiger partial charge is 0.506 e. The minimum atomic E-state index is -0.426. The maximum atomic E-state index is 11.6. The Morgan fingerprint density at radius 3 is 2.73 bits per heavy atom. The third-order valence-corrected chi connectivity index (χ3v) is 3.23. The quantitative estimate of drug-likeness (QED) is 0.635. The number of hydrogen-bond acceptors (Lipinski definition) is 5. The number of amides is 1. The Balaban J connectivity index is 2.03. The van der Waals surface area contributed by atoms with E-state index in [0.717, 1.165) is 18.8 Å². The molecule has 1 amide bonds. The fourth-order valence-electron chi connectivity index (χ4n) is 2.08. The number of carbonyl (C=O) groups is 1. The molecule has 1 heterocycles. The van der Waals surface area contributed by atoms with Crippen molar-refractivity contribution in [2.45, 2.75) is 13.8 Å². The summed E-state index contributed by atoms with van der Waals surface area (Å²) in [5.74, 6) is -0.0490. The van der Waals surface area contributed by atoms with Crippen molar-refractivity contribution in [1.29, 1.82) is 0 Å². The Kier molecular flexibility index (Phi) is 5.19. The molecule has 2 N–H and O–H groups in total. The van der Waals surface area contributed by atoms with Crippen molar-refractivity contribution in [2.24, 2.45) is 5.10 Å². The van der Waals surface area contributed by atoms with Crippen molar-refractivity contribution in [3.8, 4) is 5.75 Å². The summed E-state index contributed by atoms with van der Waals surface area (Å²) in [5, 5.41) is 13.9. The van der Waals surface area contributed by atoms with Crippen molar-refractivity contribution in [1.82, 2.24) is 5.43 Å². The van der Waals surface area contributed by atoms with E-state index >= 15 is 0 Å². The van der Waals surface area contributed by atoms with Crippen molar-refractivity contribution in [3.05, 3.63) is 47.9 Å². The van der Waals surface area contributed by atoms with Crippen LogP contribution in [0.1, 0.15) is 30.0 Å². The molecule has 0 radical (unpaired) electrons. The lowest BCUT2D eigenvalue weighted by atomic mass is 10.2. The second-order valence-corrected chi connectivity index (χ2v) is 4.60. The van der Waals surface area contributed by atoms with Gasteiger partial charge in [0.2, 0.25) is 0 Å². The van der Waals surface area contributed by atoms with Crippen LogP contribution in [-0.2, 0) is 0 Å². The van der Waals surface area contributed by atoms with Crippen LogP contribution in [0, 0.1) is 0 Å². The van der Waals surface area contributed by atoms with Crippen LogP contribution in [0.25, 0.3) is 0 Å². The Labute approximate surface area is 129 Å². The molecule has 0 fully saturated rings. The summed E-state index contributed by atoms with van der Waals surface area (Å²) in [6, 6.07) is 8.45. The molecule has 0 saturated carbocycles. The van der Waals surface area contributed by atoms with E-state index in [9.17, 15) is 9.90 Å². The summed E-state index contributed by atoms with van der Waals surface area (Å²) in [6.45, 7) is 5.69. The highest BCUT2D eigenvalue weighted by atomic mass is 16.3. The first-order chi connectivity index (χ1) is 10.7. The lowest BCUT2D eigenvalue weighted by Crippen LogP contribution is -2.21. The monoisotopic (exact) mass is 301 g/mol. The van der Waals surface area contributed by atoms with Crippen molar-refractivity contribution in [3.63, 3.8) is 0 Å². The second kappa shape index (κ2) is 7.31. The number of aromatic hydroxyl groups is 1. The van der Waals surface area contributed by atoms with Crippen LogP contribution in [-0.4, -0.2) is 30.3 Å². The zero-order valence-corrected chi connectivity index (χ0v) is 12.6. The van der Waals surface area contributed by atoms with Crippen LogP contribution in [0.2, 0.25) is 0 Å². The third-order valence-electron chi connectivity index (χ3n) is 3.23. The third kappa shape index (κ3) is 3.66. The smallest absolute Gasteiger partial charge is 0.307 e. The Morgan fingerprint density at radius 1 is 1.36 bits per heavy atom. The number of nitrogens with zero attached hydrogens (tertiary/aromatic N) is 2. The summed E-state index contributed by atoms with van der Waals surface area (Å²) in [5.41, 5.74) is 3.82. The first kappa shape index (κ1) is 15.6. The lowest BCUT2D eigenvalue weighted by molar-refractivity contribution is 0.0927. The van der Waals surface area contributed by atoms with Crippen molar-refractivity contribution in [2.75, 3.05) is 18.0 Å². The highest BCUT2D eigenvalue weighted by molar-refractivity contribution is 5.92. The number of phenols is 1. The SMILES string of the molecule is CCN(CC)c1ccc(/C=N/NC(=O)c2ccco2)cc1O. The number of hydrazone groups is 1. The molecule has 1 aromatic heterocycles. The minimum Gasteiger partial charge on any atom is -0.506 e. The fourth-order valence-corrected chi connectivity index (χ4v) is 2.08. The molecular weight excluding hydrogens is 282 g/mol. The summed E-state index contributed by atoms with van der Waals surface area (Å²) < 4.78 is 4.95. The lowest BCUT2D eigenvalue weighted by Gasteiger charge is -2.22. The fraction of sp³-hybridized carbons (Fsp3) is 0.250. The second-order valence-electron chi connectivity index (χ2n) is 4.60. The van der Waals surface area contributed by atoms with E-state index in [1.54, 1.807) is 18.2 Å². The number of benzene rings is 1. The molecule has 2 aromatic rings. The summed E-state index contributed by atoms with van der Waals surface area (Å²) >= 11 is 0. The first-order valence-electron chi connectivity index (χ1n) is 7.10. The maximum absolute atomic E-state index is 11.6. The number of rotatable bonds is 6. The molecule has 0 aliphatic rings. The van der Waals surface area contributed by atoms with Gasteiger partial charge in [0.25, 0.3) is 0 Å². The Morgan fingerprint density at radius 2 is 2.14 bits per heavy atom. The molecule has 6 nitrogen and oxygen atoms in total. The zero-order valence-electron chi connectivity index (χ0n) is 12.6. The predicted molar refractivity (Wildman–Crippen MR) is 85.4 cm³/mol. The molecule has 0 bridgehead atoms. The number of phenolic OH excluding ortho intramolecular Hbond substituents is 1. The highest BCUT2D eigenvalue weighted by Crippen LogP contribution is 2.27. The normalized spacial score (nSPS) is 10.8. The van der Waals surface area contributed by atoms with Gasteiger partial charge >= 0.3 is 5.91 Å². The van der Waals surface area contributed by atoms with E-state index < -0.39 is 5.91 Å².